The van der Waals surface area contributed by atoms with Crippen LogP contribution in [0.4, 0.5) is 0 Å². The second-order valence-corrected chi connectivity index (χ2v) is 9.08. The van der Waals surface area contributed by atoms with Gasteiger partial charge in [0.15, 0.2) is 5.11 Å². The first-order valence-electron chi connectivity index (χ1n) is 9.93. The molecule has 9 heteroatoms. The first-order chi connectivity index (χ1) is 15.4. The van der Waals surface area contributed by atoms with Gasteiger partial charge in [-0.15, -0.1) is 0 Å². The summed E-state index contributed by atoms with van der Waals surface area (Å²) < 4.78 is 28.1. The molecule has 0 saturated carbocycles. The van der Waals surface area contributed by atoms with Crippen LogP contribution in [-0.4, -0.2) is 25.5 Å². The molecule has 1 amide bonds. The molecule has 0 aliphatic rings. The van der Waals surface area contributed by atoms with Crippen molar-refractivity contribution < 1.29 is 13.2 Å². The Bertz CT molecular complexity index is 1130. The van der Waals surface area contributed by atoms with Crippen molar-refractivity contribution in [2.24, 2.45) is 0 Å². The van der Waals surface area contributed by atoms with Crippen molar-refractivity contribution in [3.8, 4) is 0 Å². The number of carbonyl (C=O) groups is 1. The van der Waals surface area contributed by atoms with Crippen LogP contribution in [0.2, 0.25) is 0 Å². The third-order valence-corrected chi connectivity index (χ3v) is 6.28. The van der Waals surface area contributed by atoms with E-state index < -0.39 is 22.0 Å². The van der Waals surface area contributed by atoms with E-state index in [0.29, 0.717) is 6.54 Å². The highest BCUT2D eigenvalue weighted by Gasteiger charge is 2.26. The van der Waals surface area contributed by atoms with Gasteiger partial charge in [0, 0.05) is 6.54 Å². The van der Waals surface area contributed by atoms with Crippen molar-refractivity contribution in [1.29, 1.82) is 0 Å². The van der Waals surface area contributed by atoms with Gasteiger partial charge in [0.2, 0.25) is 10.0 Å². The van der Waals surface area contributed by atoms with Gasteiger partial charge >= 0.3 is 0 Å². The van der Waals surface area contributed by atoms with Crippen LogP contribution in [-0.2, 0) is 27.8 Å². The second kappa shape index (κ2) is 11.4. The van der Waals surface area contributed by atoms with Crippen LogP contribution >= 0.6 is 12.2 Å². The van der Waals surface area contributed by atoms with Crippen molar-refractivity contribution in [3.63, 3.8) is 0 Å². The predicted molar refractivity (Wildman–Crippen MR) is 128 cm³/mol. The first kappa shape index (κ1) is 23.4. The minimum atomic E-state index is -3.90. The summed E-state index contributed by atoms with van der Waals surface area (Å²) in [5.41, 5.74) is 6.97. The number of sulfonamides is 1. The van der Waals surface area contributed by atoms with E-state index in [-0.39, 0.29) is 16.4 Å². The van der Waals surface area contributed by atoms with E-state index in [2.05, 4.69) is 20.9 Å². The molecule has 32 heavy (non-hydrogen) atoms. The van der Waals surface area contributed by atoms with Gasteiger partial charge in [-0.1, -0.05) is 78.9 Å². The Kier molecular flexibility index (Phi) is 8.32. The Hall–Kier alpha value is -3.27. The summed E-state index contributed by atoms with van der Waals surface area (Å²) in [7, 11) is -3.90. The number of hydrazine groups is 1. The molecule has 0 radical (unpaired) electrons. The Balaban J connectivity index is 1.64. The maximum atomic E-state index is 12.8. The molecule has 0 spiro atoms. The third kappa shape index (κ3) is 7.16. The molecule has 3 aromatic rings. The molecule has 4 N–H and O–H groups in total. The van der Waals surface area contributed by atoms with Crippen LogP contribution in [0.5, 0.6) is 0 Å². The average Bonchev–Trinajstić information content (AvgIpc) is 2.82. The quantitative estimate of drug-likeness (QED) is 0.299. The summed E-state index contributed by atoms with van der Waals surface area (Å²) in [5.74, 6) is -0.558. The lowest BCUT2D eigenvalue weighted by molar-refractivity contribution is -0.123. The number of carbonyl (C=O) groups excluding carboxylic acids is 1. The number of nitrogens with one attached hydrogen (secondary N) is 4. The van der Waals surface area contributed by atoms with E-state index in [1.807, 2.05) is 60.7 Å². The highest BCUT2D eigenvalue weighted by atomic mass is 32.2. The molecule has 3 rings (SSSR count). The Morgan fingerprint density at radius 1 is 0.781 bits per heavy atom. The van der Waals surface area contributed by atoms with Gasteiger partial charge in [0.1, 0.15) is 6.04 Å². The fourth-order valence-corrected chi connectivity index (χ4v) is 4.26. The third-order valence-electron chi connectivity index (χ3n) is 4.55. The van der Waals surface area contributed by atoms with Crippen LogP contribution in [0.1, 0.15) is 11.1 Å². The zero-order valence-corrected chi connectivity index (χ0v) is 18.8. The SMILES string of the molecule is O=C(NNC(=S)NCc1ccccc1)[C@H](Cc1ccccc1)NS(=O)(=O)c1ccccc1. The average molecular weight is 469 g/mol. The molecule has 1 atom stereocenters. The molecule has 0 aromatic heterocycles. The smallest absolute Gasteiger partial charge is 0.256 e. The number of hydrogen-bond donors (Lipinski definition) is 4. The minimum Gasteiger partial charge on any atom is -0.357 e. The lowest BCUT2D eigenvalue weighted by atomic mass is 10.1. The highest BCUT2D eigenvalue weighted by molar-refractivity contribution is 7.89. The molecule has 0 aliphatic carbocycles. The predicted octanol–water partition coefficient (Wildman–Crippen LogP) is 2.27. The van der Waals surface area contributed by atoms with E-state index in [4.69, 9.17) is 12.2 Å². The van der Waals surface area contributed by atoms with Gasteiger partial charge in [0.25, 0.3) is 5.91 Å². The molecule has 166 valence electrons. The van der Waals surface area contributed by atoms with Crippen LogP contribution in [0.3, 0.4) is 0 Å². The van der Waals surface area contributed by atoms with Gasteiger partial charge in [-0.3, -0.25) is 15.6 Å². The van der Waals surface area contributed by atoms with E-state index in [0.717, 1.165) is 11.1 Å². The van der Waals surface area contributed by atoms with Crippen molar-refractivity contribution in [2.75, 3.05) is 0 Å². The summed E-state index contributed by atoms with van der Waals surface area (Å²) in [5, 5.41) is 3.20. The van der Waals surface area contributed by atoms with Crippen LogP contribution in [0.15, 0.2) is 95.9 Å². The maximum absolute atomic E-state index is 12.8. The number of amides is 1. The normalized spacial score (nSPS) is 11.9. The zero-order chi connectivity index (χ0) is 22.8. The maximum Gasteiger partial charge on any atom is 0.256 e. The lowest BCUT2D eigenvalue weighted by Crippen LogP contribution is -2.54. The standard InChI is InChI=1S/C23H24N4O3S2/c28-22(25-26-23(31)24-17-19-12-6-2-7-13-19)21(16-18-10-4-1-5-11-18)27-32(29,30)20-14-8-3-9-15-20/h1-15,21,27H,16-17H2,(H,25,28)(H2,24,26,31)/t21-/m0/s1. The topological polar surface area (TPSA) is 99.3 Å². The van der Waals surface area contributed by atoms with Crippen molar-refractivity contribution in [3.05, 3.63) is 102 Å². The molecule has 0 bridgehead atoms. The monoisotopic (exact) mass is 468 g/mol. The lowest BCUT2D eigenvalue weighted by Gasteiger charge is -2.20. The fourth-order valence-electron chi connectivity index (χ4n) is 2.92. The summed E-state index contributed by atoms with van der Waals surface area (Å²) in [6, 6.07) is 25.7. The Morgan fingerprint density at radius 2 is 1.31 bits per heavy atom. The molecular weight excluding hydrogens is 444 g/mol. The summed E-state index contributed by atoms with van der Waals surface area (Å²) >= 11 is 5.20. The molecule has 3 aromatic carbocycles. The number of thiocarbonyl (C=S) groups is 1. The highest BCUT2D eigenvalue weighted by Crippen LogP contribution is 2.11. The number of rotatable bonds is 8. The van der Waals surface area contributed by atoms with E-state index in [1.54, 1.807) is 18.2 Å². The summed E-state index contributed by atoms with van der Waals surface area (Å²) in [6.07, 6.45) is 0.171. The number of hydrogen-bond acceptors (Lipinski definition) is 4. The summed E-state index contributed by atoms with van der Waals surface area (Å²) in [4.78, 5) is 12.9. The van der Waals surface area contributed by atoms with Crippen LogP contribution in [0.25, 0.3) is 0 Å². The van der Waals surface area contributed by atoms with Gasteiger partial charge in [-0.25, -0.2) is 8.42 Å². The molecule has 0 fully saturated rings. The fraction of sp³-hybridized carbons (Fsp3) is 0.130. The van der Waals surface area contributed by atoms with E-state index in [1.165, 1.54) is 12.1 Å². The first-order valence-corrected chi connectivity index (χ1v) is 11.8. The largest absolute Gasteiger partial charge is 0.357 e. The Morgan fingerprint density at radius 3 is 1.91 bits per heavy atom. The second-order valence-electron chi connectivity index (χ2n) is 6.96. The van der Waals surface area contributed by atoms with Gasteiger partial charge in [-0.05, 0) is 41.9 Å². The molecule has 0 heterocycles. The summed E-state index contributed by atoms with van der Waals surface area (Å²) in [6.45, 7) is 0.483. The van der Waals surface area contributed by atoms with Gasteiger partial charge < -0.3 is 5.32 Å². The molecule has 7 nitrogen and oxygen atoms in total. The molecule has 0 saturated heterocycles. The molecular formula is C23H24N4O3S2. The van der Waals surface area contributed by atoms with Crippen molar-refractivity contribution >= 4 is 33.3 Å². The minimum absolute atomic E-state index is 0.0823. The number of benzene rings is 3. The zero-order valence-electron chi connectivity index (χ0n) is 17.2. The molecule has 0 unspecified atom stereocenters. The van der Waals surface area contributed by atoms with E-state index >= 15 is 0 Å². The Labute approximate surface area is 193 Å². The van der Waals surface area contributed by atoms with Gasteiger partial charge in [0.05, 0.1) is 4.90 Å². The van der Waals surface area contributed by atoms with E-state index in [9.17, 15) is 13.2 Å². The van der Waals surface area contributed by atoms with Crippen molar-refractivity contribution in [2.45, 2.75) is 23.9 Å². The van der Waals surface area contributed by atoms with Gasteiger partial charge in [-0.2, -0.15) is 4.72 Å². The molecule has 0 aliphatic heterocycles. The van der Waals surface area contributed by atoms with Crippen LogP contribution < -0.4 is 20.9 Å². The van der Waals surface area contributed by atoms with Crippen molar-refractivity contribution in [1.82, 2.24) is 20.9 Å². The van der Waals surface area contributed by atoms with Crippen LogP contribution in [0, 0.1) is 0 Å².